The zero-order valence-corrected chi connectivity index (χ0v) is 19.5. The monoisotopic (exact) mass is 471 g/mol. The Morgan fingerprint density at radius 1 is 1.12 bits per heavy atom. The molecule has 0 saturated carbocycles. The Hall–Kier alpha value is -2.22. The number of aliphatic imine (C=N–C) groups is 1. The van der Waals surface area contributed by atoms with Gasteiger partial charge in [0.2, 0.25) is 11.8 Å². The number of carbonyl (C=O) groups is 2. The summed E-state index contributed by atoms with van der Waals surface area (Å²) in [6, 6.07) is 7.67. The van der Waals surface area contributed by atoms with Gasteiger partial charge in [-0.05, 0) is 43.4 Å². The van der Waals surface area contributed by atoms with Crippen molar-refractivity contribution in [3.63, 3.8) is 0 Å². The van der Waals surface area contributed by atoms with E-state index in [1.54, 1.807) is 11.3 Å². The lowest BCUT2D eigenvalue weighted by molar-refractivity contribution is -0.135. The molecule has 1 aromatic heterocycles. The molecular weight excluding hydrogens is 446 g/mol. The minimum Gasteiger partial charge on any atom is -0.378 e. The largest absolute Gasteiger partial charge is 0.378 e. The van der Waals surface area contributed by atoms with Crippen LogP contribution >= 0.6 is 22.9 Å². The van der Waals surface area contributed by atoms with Crippen molar-refractivity contribution in [3.8, 4) is 0 Å². The molecule has 2 aromatic rings. The van der Waals surface area contributed by atoms with Crippen molar-refractivity contribution in [1.29, 1.82) is 0 Å². The van der Waals surface area contributed by atoms with E-state index in [0.717, 1.165) is 41.1 Å². The van der Waals surface area contributed by atoms with E-state index in [9.17, 15) is 9.59 Å². The lowest BCUT2D eigenvalue weighted by Crippen LogP contribution is -2.42. The minimum absolute atomic E-state index is 0.0522. The Bertz CT molecular complexity index is 1060. The minimum atomic E-state index is -0.0522. The molecule has 1 aliphatic carbocycles. The fourth-order valence-corrected chi connectivity index (χ4v) is 6.22. The number of morpholine rings is 1. The topological polar surface area (TPSA) is 62.2 Å². The summed E-state index contributed by atoms with van der Waals surface area (Å²) < 4.78 is 5.35. The van der Waals surface area contributed by atoms with Gasteiger partial charge in [-0.1, -0.05) is 23.7 Å². The fourth-order valence-electron chi connectivity index (χ4n) is 4.66. The Kier molecular flexibility index (Phi) is 6.31. The Morgan fingerprint density at radius 2 is 1.88 bits per heavy atom. The van der Waals surface area contributed by atoms with Crippen LogP contribution in [-0.4, -0.2) is 61.8 Å². The lowest BCUT2D eigenvalue weighted by atomic mass is 9.91. The number of anilines is 1. The quantitative estimate of drug-likeness (QED) is 0.682. The van der Waals surface area contributed by atoms with Crippen molar-refractivity contribution in [1.82, 2.24) is 4.90 Å². The molecule has 0 spiro atoms. The van der Waals surface area contributed by atoms with Crippen LogP contribution in [0.25, 0.3) is 0 Å². The van der Waals surface area contributed by atoms with E-state index in [4.69, 9.17) is 21.3 Å². The first kappa shape index (κ1) is 21.6. The first-order valence-corrected chi connectivity index (χ1v) is 12.4. The van der Waals surface area contributed by atoms with Crippen molar-refractivity contribution < 1.29 is 14.3 Å². The number of fused-ring (bicyclic) bond motifs is 3. The average Bonchev–Trinajstić information content (AvgIpc) is 3.13. The van der Waals surface area contributed by atoms with Crippen molar-refractivity contribution in [2.75, 3.05) is 44.3 Å². The van der Waals surface area contributed by atoms with Crippen molar-refractivity contribution in [2.24, 2.45) is 4.99 Å². The fraction of sp³-hybridized carbons (Fsp3) is 0.458. The summed E-state index contributed by atoms with van der Waals surface area (Å²) in [4.78, 5) is 35.7. The molecule has 2 amide bonds. The van der Waals surface area contributed by atoms with E-state index in [0.29, 0.717) is 44.3 Å². The Morgan fingerprint density at radius 3 is 2.66 bits per heavy atom. The molecule has 168 valence electrons. The second-order valence-electron chi connectivity index (χ2n) is 8.35. The number of ether oxygens (including phenoxy) is 1. The Balaban J connectivity index is 1.48. The summed E-state index contributed by atoms with van der Waals surface area (Å²) in [6.07, 6.45) is 4.67. The predicted molar refractivity (Wildman–Crippen MR) is 127 cm³/mol. The second-order valence-corrected chi connectivity index (χ2v) is 9.87. The molecular formula is C24H26ClN3O3S. The van der Waals surface area contributed by atoms with E-state index in [-0.39, 0.29) is 18.4 Å². The van der Waals surface area contributed by atoms with Gasteiger partial charge < -0.3 is 14.5 Å². The highest BCUT2D eigenvalue weighted by molar-refractivity contribution is 7.17. The zero-order valence-electron chi connectivity index (χ0n) is 17.9. The second kappa shape index (κ2) is 9.33. The molecule has 0 radical (unpaired) electrons. The number of halogens is 1. The summed E-state index contributed by atoms with van der Waals surface area (Å²) in [5.74, 6) is 0.0237. The van der Waals surface area contributed by atoms with Crippen LogP contribution in [0.5, 0.6) is 0 Å². The van der Waals surface area contributed by atoms with E-state index in [1.807, 2.05) is 34.1 Å². The molecule has 8 heteroatoms. The predicted octanol–water partition coefficient (Wildman–Crippen LogP) is 3.71. The highest BCUT2D eigenvalue weighted by atomic mass is 35.5. The van der Waals surface area contributed by atoms with Gasteiger partial charge in [-0.3, -0.25) is 14.6 Å². The maximum Gasteiger partial charge on any atom is 0.249 e. The van der Waals surface area contributed by atoms with Crippen molar-refractivity contribution in [3.05, 3.63) is 50.9 Å². The summed E-state index contributed by atoms with van der Waals surface area (Å²) in [5, 5.41) is 1.62. The first-order valence-electron chi connectivity index (χ1n) is 11.2. The third-order valence-corrected chi connectivity index (χ3v) is 7.91. The standard InChI is InChI=1S/C24H26ClN3O3S/c25-17-7-5-16(6-8-17)23-22-18-3-1-2-4-19(18)32-24(22)28(21(30)15-26-23)10-9-20(29)27-11-13-31-14-12-27/h5-8H,1-4,9-15H2. The molecule has 0 N–H and O–H groups in total. The van der Waals surface area contributed by atoms with Gasteiger partial charge in [0.1, 0.15) is 11.5 Å². The maximum atomic E-state index is 13.2. The van der Waals surface area contributed by atoms with Crippen molar-refractivity contribution in [2.45, 2.75) is 32.1 Å². The smallest absolute Gasteiger partial charge is 0.249 e. The van der Waals surface area contributed by atoms with Gasteiger partial charge >= 0.3 is 0 Å². The lowest BCUT2D eigenvalue weighted by Gasteiger charge is -2.28. The molecule has 3 heterocycles. The summed E-state index contributed by atoms with van der Waals surface area (Å²) >= 11 is 7.82. The van der Waals surface area contributed by atoms with Gasteiger partial charge in [-0.2, -0.15) is 0 Å². The molecule has 0 atom stereocenters. The molecule has 2 aliphatic heterocycles. The van der Waals surface area contributed by atoms with E-state index in [1.165, 1.54) is 16.9 Å². The number of aryl methyl sites for hydroxylation is 1. The first-order chi connectivity index (χ1) is 15.6. The molecule has 0 unspecified atom stereocenters. The van der Waals surface area contributed by atoms with E-state index < -0.39 is 0 Å². The number of thiophene rings is 1. The van der Waals surface area contributed by atoms with Gasteiger partial charge in [-0.15, -0.1) is 11.3 Å². The van der Waals surface area contributed by atoms with Gasteiger partial charge in [0, 0.05) is 47.1 Å². The molecule has 3 aliphatic rings. The molecule has 0 bridgehead atoms. The van der Waals surface area contributed by atoms with Crippen LogP contribution in [0.15, 0.2) is 29.3 Å². The molecule has 6 nitrogen and oxygen atoms in total. The van der Waals surface area contributed by atoms with Gasteiger partial charge in [-0.25, -0.2) is 0 Å². The summed E-state index contributed by atoms with van der Waals surface area (Å²) in [6.45, 7) is 2.86. The average molecular weight is 472 g/mol. The number of hydrogen-bond donors (Lipinski definition) is 0. The molecule has 1 saturated heterocycles. The van der Waals surface area contributed by atoms with Crippen LogP contribution in [0.4, 0.5) is 5.00 Å². The van der Waals surface area contributed by atoms with Crippen LogP contribution in [0.1, 0.15) is 40.8 Å². The van der Waals surface area contributed by atoms with Crippen LogP contribution in [0, 0.1) is 0 Å². The highest BCUT2D eigenvalue weighted by Gasteiger charge is 2.32. The van der Waals surface area contributed by atoms with Crippen LogP contribution in [0.3, 0.4) is 0 Å². The number of carbonyl (C=O) groups excluding carboxylic acids is 2. The van der Waals surface area contributed by atoms with Gasteiger partial charge in [0.25, 0.3) is 0 Å². The van der Waals surface area contributed by atoms with Crippen LogP contribution in [-0.2, 0) is 27.2 Å². The molecule has 1 aromatic carbocycles. The van der Waals surface area contributed by atoms with Crippen LogP contribution < -0.4 is 4.90 Å². The summed E-state index contributed by atoms with van der Waals surface area (Å²) in [7, 11) is 0. The normalized spacial score (nSPS) is 18.7. The molecule has 32 heavy (non-hydrogen) atoms. The summed E-state index contributed by atoms with van der Waals surface area (Å²) in [5.41, 5.74) is 4.24. The SMILES string of the molecule is O=C(CCN1C(=O)CN=C(c2ccc(Cl)cc2)c2c1sc1c2CCCC1)N1CCOCC1. The third-order valence-electron chi connectivity index (χ3n) is 6.34. The number of rotatable bonds is 4. The van der Waals surface area contributed by atoms with Crippen LogP contribution in [0.2, 0.25) is 5.02 Å². The van der Waals surface area contributed by atoms with Crippen molar-refractivity contribution >= 4 is 45.5 Å². The van der Waals surface area contributed by atoms with Gasteiger partial charge in [0.05, 0.1) is 18.9 Å². The van der Waals surface area contributed by atoms with Gasteiger partial charge in [0.15, 0.2) is 0 Å². The molecule has 5 rings (SSSR count). The number of nitrogens with zero attached hydrogens (tertiary/aromatic N) is 3. The number of amides is 2. The van der Waals surface area contributed by atoms with E-state index >= 15 is 0 Å². The van der Waals surface area contributed by atoms with E-state index in [2.05, 4.69) is 0 Å². The number of benzene rings is 1. The molecule has 1 fully saturated rings. The third kappa shape index (κ3) is 4.21. The number of hydrogen-bond acceptors (Lipinski definition) is 5. The highest BCUT2D eigenvalue weighted by Crippen LogP contribution is 2.42. The zero-order chi connectivity index (χ0) is 22.1. The Labute approximate surface area is 196 Å². The maximum absolute atomic E-state index is 13.2.